The number of nitrogens with zero attached hydrogens (tertiary/aromatic N) is 1. The Balaban J connectivity index is 3.69. The van der Waals surface area contributed by atoms with Gasteiger partial charge in [0.2, 0.25) is 0 Å². The largest absolute Gasteiger partial charge is 0.383 e. The standard InChI is InChI=1S/C11H24ClNO2/c1-4-11(2)13(6-9-14-3)7-10-15-8-5-12/h11H,4-10H2,1-3H3. The number of methoxy groups -OCH3 is 1. The molecule has 15 heavy (non-hydrogen) atoms. The lowest BCUT2D eigenvalue weighted by atomic mass is 10.2. The van der Waals surface area contributed by atoms with Gasteiger partial charge >= 0.3 is 0 Å². The highest BCUT2D eigenvalue weighted by Crippen LogP contribution is 2.02. The molecule has 4 heteroatoms. The number of rotatable bonds is 10. The highest BCUT2D eigenvalue weighted by molar-refractivity contribution is 6.17. The Hall–Kier alpha value is 0.170. The van der Waals surface area contributed by atoms with Gasteiger partial charge < -0.3 is 9.47 Å². The number of hydrogen-bond donors (Lipinski definition) is 0. The maximum atomic E-state index is 5.53. The van der Waals surface area contributed by atoms with Gasteiger partial charge in [0.15, 0.2) is 0 Å². The van der Waals surface area contributed by atoms with Crippen LogP contribution >= 0.6 is 11.6 Å². The molecule has 0 rings (SSSR count). The van der Waals surface area contributed by atoms with Crippen molar-refractivity contribution < 1.29 is 9.47 Å². The van der Waals surface area contributed by atoms with E-state index in [0.29, 0.717) is 18.5 Å². The average Bonchev–Trinajstić information content (AvgIpc) is 2.27. The number of halogens is 1. The van der Waals surface area contributed by atoms with E-state index in [1.165, 1.54) is 0 Å². The van der Waals surface area contributed by atoms with Crippen LogP contribution in [-0.2, 0) is 9.47 Å². The quantitative estimate of drug-likeness (QED) is 0.429. The summed E-state index contributed by atoms with van der Waals surface area (Å²) in [6.45, 7) is 8.52. The highest BCUT2D eigenvalue weighted by atomic mass is 35.5. The van der Waals surface area contributed by atoms with E-state index in [-0.39, 0.29) is 0 Å². The zero-order chi connectivity index (χ0) is 11.5. The molecule has 0 amide bonds. The van der Waals surface area contributed by atoms with Gasteiger partial charge in [-0.1, -0.05) is 6.92 Å². The lowest BCUT2D eigenvalue weighted by Crippen LogP contribution is -2.37. The minimum Gasteiger partial charge on any atom is -0.383 e. The highest BCUT2D eigenvalue weighted by Gasteiger charge is 2.10. The Morgan fingerprint density at radius 2 is 1.87 bits per heavy atom. The topological polar surface area (TPSA) is 21.7 Å². The van der Waals surface area contributed by atoms with Crippen molar-refractivity contribution in [3.05, 3.63) is 0 Å². The van der Waals surface area contributed by atoms with Crippen LogP contribution in [0.2, 0.25) is 0 Å². The number of alkyl halides is 1. The van der Waals surface area contributed by atoms with E-state index in [2.05, 4.69) is 18.7 Å². The lowest BCUT2D eigenvalue weighted by molar-refractivity contribution is 0.0765. The number of hydrogen-bond acceptors (Lipinski definition) is 3. The van der Waals surface area contributed by atoms with E-state index in [9.17, 15) is 0 Å². The summed E-state index contributed by atoms with van der Waals surface area (Å²) in [5, 5.41) is 0. The number of ether oxygens (including phenoxy) is 2. The summed E-state index contributed by atoms with van der Waals surface area (Å²) in [4.78, 5) is 2.39. The van der Waals surface area contributed by atoms with Gasteiger partial charge in [0.05, 0.1) is 19.8 Å². The first-order chi connectivity index (χ1) is 7.26. The van der Waals surface area contributed by atoms with Crippen molar-refractivity contribution >= 4 is 11.6 Å². The summed E-state index contributed by atoms with van der Waals surface area (Å²) in [6, 6.07) is 0.583. The molecule has 0 aromatic carbocycles. The monoisotopic (exact) mass is 237 g/mol. The van der Waals surface area contributed by atoms with Gasteiger partial charge in [-0.3, -0.25) is 4.90 Å². The molecular weight excluding hydrogens is 214 g/mol. The summed E-state index contributed by atoms with van der Waals surface area (Å²) in [6.07, 6.45) is 1.15. The van der Waals surface area contributed by atoms with E-state index in [0.717, 1.165) is 32.7 Å². The van der Waals surface area contributed by atoms with Crippen LogP contribution in [-0.4, -0.2) is 56.8 Å². The van der Waals surface area contributed by atoms with Crippen LogP contribution in [0.5, 0.6) is 0 Å². The lowest BCUT2D eigenvalue weighted by Gasteiger charge is -2.27. The fourth-order valence-electron chi connectivity index (χ4n) is 1.36. The Bertz CT molecular complexity index is 136. The average molecular weight is 238 g/mol. The predicted octanol–water partition coefficient (Wildman–Crippen LogP) is 1.99. The third-order valence-corrected chi connectivity index (χ3v) is 2.70. The first kappa shape index (κ1) is 15.2. The third kappa shape index (κ3) is 8.03. The molecular formula is C11H24ClNO2. The van der Waals surface area contributed by atoms with Crippen LogP contribution < -0.4 is 0 Å². The zero-order valence-corrected chi connectivity index (χ0v) is 10.9. The first-order valence-corrected chi connectivity index (χ1v) is 6.16. The molecule has 1 atom stereocenters. The molecule has 0 saturated heterocycles. The minimum absolute atomic E-state index is 0.571. The van der Waals surface area contributed by atoms with Gasteiger partial charge in [-0.2, -0.15) is 0 Å². The van der Waals surface area contributed by atoms with Crippen LogP contribution in [0, 0.1) is 0 Å². The van der Waals surface area contributed by atoms with E-state index >= 15 is 0 Å². The first-order valence-electron chi connectivity index (χ1n) is 5.62. The second kappa shape index (κ2) is 10.7. The van der Waals surface area contributed by atoms with Crippen LogP contribution in [0.3, 0.4) is 0 Å². The van der Waals surface area contributed by atoms with Gasteiger partial charge in [-0.25, -0.2) is 0 Å². The van der Waals surface area contributed by atoms with Gasteiger partial charge in [0.25, 0.3) is 0 Å². The molecule has 0 saturated carbocycles. The second-order valence-electron chi connectivity index (χ2n) is 3.59. The smallest absolute Gasteiger partial charge is 0.0602 e. The van der Waals surface area contributed by atoms with Crippen LogP contribution in [0.25, 0.3) is 0 Å². The van der Waals surface area contributed by atoms with E-state index in [4.69, 9.17) is 21.1 Å². The summed E-state index contributed by atoms with van der Waals surface area (Å²) >= 11 is 5.53. The molecule has 1 unspecified atom stereocenters. The van der Waals surface area contributed by atoms with Crippen LogP contribution in [0.4, 0.5) is 0 Å². The van der Waals surface area contributed by atoms with E-state index in [1.54, 1.807) is 7.11 Å². The normalized spacial score (nSPS) is 13.4. The third-order valence-electron chi connectivity index (χ3n) is 2.54. The molecule has 3 nitrogen and oxygen atoms in total. The minimum atomic E-state index is 0.571. The maximum absolute atomic E-state index is 5.53. The van der Waals surface area contributed by atoms with Crippen molar-refractivity contribution in [3.63, 3.8) is 0 Å². The molecule has 0 aliphatic heterocycles. The van der Waals surface area contributed by atoms with Crippen molar-refractivity contribution in [2.45, 2.75) is 26.3 Å². The molecule has 0 radical (unpaired) electrons. The molecule has 0 aromatic rings. The second-order valence-corrected chi connectivity index (χ2v) is 3.97. The molecule has 0 N–H and O–H groups in total. The SMILES string of the molecule is CCC(C)N(CCOC)CCOCCCl. The molecule has 0 fully saturated rings. The van der Waals surface area contributed by atoms with E-state index in [1.807, 2.05) is 0 Å². The Kier molecular flexibility index (Phi) is 10.8. The maximum Gasteiger partial charge on any atom is 0.0602 e. The van der Waals surface area contributed by atoms with Gasteiger partial charge in [0.1, 0.15) is 0 Å². The van der Waals surface area contributed by atoms with Crippen LogP contribution in [0.1, 0.15) is 20.3 Å². The Labute approximate surface area is 98.7 Å². The molecule has 92 valence electrons. The fraction of sp³-hybridized carbons (Fsp3) is 1.00. The van der Waals surface area contributed by atoms with Crippen molar-refractivity contribution in [2.75, 3.05) is 45.9 Å². The fourth-order valence-corrected chi connectivity index (χ4v) is 1.47. The Morgan fingerprint density at radius 3 is 2.40 bits per heavy atom. The summed E-state index contributed by atoms with van der Waals surface area (Å²) in [5.41, 5.74) is 0. The van der Waals surface area contributed by atoms with Crippen molar-refractivity contribution in [1.29, 1.82) is 0 Å². The molecule has 0 heterocycles. The molecule has 0 aliphatic rings. The zero-order valence-electron chi connectivity index (χ0n) is 10.2. The summed E-state index contributed by atoms with van der Waals surface area (Å²) in [5.74, 6) is 0.571. The molecule has 0 bridgehead atoms. The molecule has 0 spiro atoms. The van der Waals surface area contributed by atoms with E-state index < -0.39 is 0 Å². The van der Waals surface area contributed by atoms with Crippen molar-refractivity contribution in [3.8, 4) is 0 Å². The Morgan fingerprint density at radius 1 is 1.20 bits per heavy atom. The predicted molar refractivity (Wildman–Crippen MR) is 64.7 cm³/mol. The molecule has 0 aromatic heterocycles. The van der Waals surface area contributed by atoms with Gasteiger partial charge in [-0.05, 0) is 13.3 Å². The van der Waals surface area contributed by atoms with Crippen LogP contribution in [0.15, 0.2) is 0 Å². The van der Waals surface area contributed by atoms with Gasteiger partial charge in [0, 0.05) is 32.1 Å². The summed E-state index contributed by atoms with van der Waals surface area (Å²) < 4.78 is 10.5. The van der Waals surface area contributed by atoms with Gasteiger partial charge in [-0.15, -0.1) is 11.6 Å². The van der Waals surface area contributed by atoms with Crippen molar-refractivity contribution in [2.24, 2.45) is 0 Å². The molecule has 0 aliphatic carbocycles. The van der Waals surface area contributed by atoms with Crippen molar-refractivity contribution in [1.82, 2.24) is 4.90 Å². The summed E-state index contributed by atoms with van der Waals surface area (Å²) in [7, 11) is 1.73.